The quantitative estimate of drug-likeness (QED) is 0.513. The zero-order valence-corrected chi connectivity index (χ0v) is 20.3. The summed E-state index contributed by atoms with van der Waals surface area (Å²) >= 11 is 9.70. The summed E-state index contributed by atoms with van der Waals surface area (Å²) in [4.78, 5) is 22.7. The number of carbonyl (C=O) groups excluding carboxylic acids is 1. The summed E-state index contributed by atoms with van der Waals surface area (Å²) in [6.07, 6.45) is 2.20. The zero-order valence-electron chi connectivity index (χ0n) is 17.9. The van der Waals surface area contributed by atoms with Gasteiger partial charge in [-0.05, 0) is 56.9 Å². The number of nitrogen functional groups attached to an aromatic ring is 1. The fourth-order valence-electron chi connectivity index (χ4n) is 3.20. The number of likely N-dealkylation sites (tertiary alicyclic amines) is 1. The van der Waals surface area contributed by atoms with Crippen molar-refractivity contribution >= 4 is 51.1 Å². The Bertz CT molecular complexity index is 937. The van der Waals surface area contributed by atoms with Gasteiger partial charge < -0.3 is 26.0 Å². The van der Waals surface area contributed by atoms with E-state index in [0.717, 1.165) is 16.5 Å². The third kappa shape index (κ3) is 6.87. The van der Waals surface area contributed by atoms with Crippen molar-refractivity contribution in [1.82, 2.24) is 14.9 Å². The number of anilines is 3. The molecule has 3 rings (SSSR count). The predicted octanol–water partition coefficient (Wildman–Crippen LogP) is 4.76. The minimum atomic E-state index is -0.491. The van der Waals surface area contributed by atoms with E-state index in [9.17, 15) is 4.79 Å². The summed E-state index contributed by atoms with van der Waals surface area (Å²) in [5.74, 6) is 1.31. The molecule has 10 heteroatoms. The van der Waals surface area contributed by atoms with Gasteiger partial charge in [0.15, 0.2) is 5.82 Å². The second-order valence-corrected chi connectivity index (χ2v) is 9.87. The van der Waals surface area contributed by atoms with Crippen LogP contribution in [0.5, 0.6) is 0 Å². The van der Waals surface area contributed by atoms with Crippen molar-refractivity contribution in [2.24, 2.45) is 5.92 Å². The van der Waals surface area contributed by atoms with Gasteiger partial charge in [0.25, 0.3) is 0 Å². The maximum Gasteiger partial charge on any atom is 0.410 e. The van der Waals surface area contributed by atoms with Gasteiger partial charge in [-0.15, -0.1) is 0 Å². The van der Waals surface area contributed by atoms with Crippen LogP contribution in [0.2, 0.25) is 5.02 Å². The van der Waals surface area contributed by atoms with E-state index in [2.05, 4.69) is 36.5 Å². The third-order valence-electron chi connectivity index (χ3n) is 4.76. The normalized spacial score (nSPS) is 16.3. The average Bonchev–Trinajstić information content (AvgIpc) is 3.17. The van der Waals surface area contributed by atoms with Crippen molar-refractivity contribution in [2.75, 3.05) is 36.0 Å². The summed E-state index contributed by atoms with van der Waals surface area (Å²) in [7, 11) is 0. The van der Waals surface area contributed by atoms with E-state index in [1.54, 1.807) is 11.1 Å². The minimum Gasteiger partial charge on any atom is -0.444 e. The van der Waals surface area contributed by atoms with E-state index in [4.69, 9.17) is 22.1 Å². The van der Waals surface area contributed by atoms with Crippen LogP contribution in [0.15, 0.2) is 28.9 Å². The van der Waals surface area contributed by atoms with Gasteiger partial charge in [-0.2, -0.15) is 4.98 Å². The minimum absolute atomic E-state index is 0.267. The molecule has 1 amide bonds. The summed E-state index contributed by atoms with van der Waals surface area (Å²) < 4.78 is 6.40. The van der Waals surface area contributed by atoms with Gasteiger partial charge in [-0.25, -0.2) is 9.78 Å². The van der Waals surface area contributed by atoms with E-state index >= 15 is 0 Å². The molecule has 1 aliphatic heterocycles. The van der Waals surface area contributed by atoms with Crippen molar-refractivity contribution in [3.8, 4) is 0 Å². The number of nitrogens with one attached hydrogen (secondary N) is 2. The molecule has 2 aromatic rings. The number of carbonyl (C=O) groups is 1. The number of aromatic nitrogens is 2. The van der Waals surface area contributed by atoms with Crippen molar-refractivity contribution in [1.29, 1.82) is 0 Å². The molecule has 168 valence electrons. The Balaban J connectivity index is 1.54. The first-order valence-corrected chi connectivity index (χ1v) is 11.3. The van der Waals surface area contributed by atoms with E-state index in [1.165, 1.54) is 0 Å². The van der Waals surface area contributed by atoms with Gasteiger partial charge >= 0.3 is 6.09 Å². The Labute approximate surface area is 196 Å². The second kappa shape index (κ2) is 9.91. The summed E-state index contributed by atoms with van der Waals surface area (Å²) in [5.41, 5.74) is 6.91. The smallest absolute Gasteiger partial charge is 0.410 e. The Morgan fingerprint density at radius 3 is 2.90 bits per heavy atom. The van der Waals surface area contributed by atoms with Crippen LogP contribution < -0.4 is 16.4 Å². The maximum absolute atomic E-state index is 12.2. The molecule has 1 aliphatic rings. The number of halogens is 2. The van der Waals surface area contributed by atoms with Crippen LogP contribution in [0.3, 0.4) is 0 Å². The highest BCUT2D eigenvalue weighted by Gasteiger charge is 2.29. The number of hydrogen-bond donors (Lipinski definition) is 3. The van der Waals surface area contributed by atoms with Crippen molar-refractivity contribution in [2.45, 2.75) is 39.3 Å². The fourth-order valence-corrected chi connectivity index (χ4v) is 3.80. The topological polar surface area (TPSA) is 105 Å². The number of rotatable bonds is 6. The lowest BCUT2D eigenvalue weighted by Gasteiger charge is -2.24. The number of hydrogen-bond acceptors (Lipinski definition) is 7. The summed E-state index contributed by atoms with van der Waals surface area (Å²) in [6, 6.07) is 5.67. The lowest BCUT2D eigenvalue weighted by Crippen LogP contribution is -2.35. The molecule has 1 aromatic heterocycles. The molecule has 1 saturated heterocycles. The lowest BCUT2D eigenvalue weighted by atomic mass is 10.1. The van der Waals surface area contributed by atoms with Gasteiger partial charge in [-0.1, -0.05) is 27.5 Å². The van der Waals surface area contributed by atoms with Crippen LogP contribution in [0.25, 0.3) is 0 Å². The zero-order chi connectivity index (χ0) is 22.6. The number of ether oxygens (including phenoxy) is 1. The van der Waals surface area contributed by atoms with Crippen LogP contribution in [-0.2, 0) is 11.3 Å². The predicted molar refractivity (Wildman–Crippen MR) is 127 cm³/mol. The fraction of sp³-hybridized carbons (Fsp3) is 0.476. The Morgan fingerprint density at radius 1 is 1.39 bits per heavy atom. The molecule has 0 aliphatic carbocycles. The molecular weight excluding hydrogens is 484 g/mol. The SMILES string of the molecule is CC(C)(C)OC(=O)N1CCC(CNc2ncc(N)c(NCc3cc(Br)ccc3Cl)n2)C1. The van der Waals surface area contributed by atoms with E-state index in [1.807, 2.05) is 39.0 Å². The molecule has 0 saturated carbocycles. The lowest BCUT2D eigenvalue weighted by molar-refractivity contribution is 0.0289. The van der Waals surface area contributed by atoms with Gasteiger partial charge in [0.05, 0.1) is 11.9 Å². The first-order chi connectivity index (χ1) is 14.6. The van der Waals surface area contributed by atoms with Crippen LogP contribution >= 0.6 is 27.5 Å². The van der Waals surface area contributed by atoms with Crippen molar-refractivity contribution < 1.29 is 9.53 Å². The van der Waals surface area contributed by atoms with Crippen LogP contribution in [0, 0.1) is 5.92 Å². The number of benzene rings is 1. The number of nitrogens with two attached hydrogens (primary N) is 1. The van der Waals surface area contributed by atoms with E-state index < -0.39 is 5.60 Å². The van der Waals surface area contributed by atoms with E-state index in [0.29, 0.717) is 54.6 Å². The largest absolute Gasteiger partial charge is 0.444 e. The number of nitrogens with zero attached hydrogens (tertiary/aromatic N) is 3. The van der Waals surface area contributed by atoms with Crippen LogP contribution in [0.1, 0.15) is 32.8 Å². The van der Waals surface area contributed by atoms with Crippen LogP contribution in [-0.4, -0.2) is 46.2 Å². The van der Waals surface area contributed by atoms with Gasteiger partial charge in [-0.3, -0.25) is 0 Å². The number of amides is 1. The first kappa shape index (κ1) is 23.4. The highest BCUT2D eigenvalue weighted by molar-refractivity contribution is 9.10. The molecule has 1 atom stereocenters. The average molecular weight is 512 g/mol. The van der Waals surface area contributed by atoms with Gasteiger partial charge in [0, 0.05) is 35.7 Å². The molecule has 1 aromatic carbocycles. The Hall–Kier alpha value is -2.26. The molecule has 0 radical (unpaired) electrons. The highest BCUT2D eigenvalue weighted by atomic mass is 79.9. The molecule has 4 N–H and O–H groups in total. The molecule has 2 heterocycles. The van der Waals surface area contributed by atoms with Crippen molar-refractivity contribution in [3.05, 3.63) is 39.5 Å². The molecular formula is C21H28BrClN6O2. The van der Waals surface area contributed by atoms with Gasteiger partial charge in [0.2, 0.25) is 5.95 Å². The highest BCUT2D eigenvalue weighted by Crippen LogP contribution is 2.24. The molecule has 8 nitrogen and oxygen atoms in total. The molecule has 0 bridgehead atoms. The second-order valence-electron chi connectivity index (χ2n) is 8.55. The third-order valence-corrected chi connectivity index (χ3v) is 5.62. The molecule has 0 spiro atoms. The van der Waals surface area contributed by atoms with Gasteiger partial charge in [0.1, 0.15) is 5.60 Å². The Morgan fingerprint density at radius 2 is 2.16 bits per heavy atom. The standard InChI is InChI=1S/C21H28BrClN6O2/c1-21(2,3)31-20(30)29-7-6-13(12-29)9-26-19-27-11-17(24)18(28-19)25-10-14-8-15(22)4-5-16(14)23/h4-5,8,11,13H,6-7,9-10,12,24H2,1-3H3,(H2,25,26,27,28). The monoisotopic (exact) mass is 510 g/mol. The first-order valence-electron chi connectivity index (χ1n) is 10.1. The molecule has 31 heavy (non-hydrogen) atoms. The molecule has 1 unspecified atom stereocenters. The summed E-state index contributed by atoms with van der Waals surface area (Å²) in [6.45, 7) is 8.07. The maximum atomic E-state index is 12.2. The van der Waals surface area contributed by atoms with Crippen molar-refractivity contribution in [3.63, 3.8) is 0 Å². The van der Waals surface area contributed by atoms with E-state index in [-0.39, 0.29) is 6.09 Å². The summed E-state index contributed by atoms with van der Waals surface area (Å²) in [5, 5.41) is 7.13. The Kier molecular flexibility index (Phi) is 7.48. The van der Waals surface area contributed by atoms with Crippen LogP contribution in [0.4, 0.5) is 22.2 Å². The molecule has 1 fully saturated rings.